The zero-order valence-corrected chi connectivity index (χ0v) is 9.58. The molecule has 0 aromatic rings. The monoisotopic (exact) mass is 216 g/mol. The van der Waals surface area contributed by atoms with Gasteiger partial charge in [-0.05, 0) is 25.9 Å². The number of rotatable bonds is 6. The third-order valence-electron chi connectivity index (χ3n) is 2.60. The maximum Gasteiger partial charge on any atom is 0.220 e. The Kier molecular flexibility index (Phi) is 5.01. The largest absolute Gasteiger partial charge is 0.354 e. The third kappa shape index (κ3) is 3.77. The van der Waals surface area contributed by atoms with E-state index in [1.165, 1.54) is 0 Å². The summed E-state index contributed by atoms with van der Waals surface area (Å²) in [6.07, 6.45) is 0.200. The number of carbonyl (C=O) groups is 1. The lowest BCUT2D eigenvalue weighted by Gasteiger charge is -2.28. The van der Waals surface area contributed by atoms with Crippen molar-refractivity contribution in [1.29, 1.82) is 0 Å². The molecule has 1 amide bonds. The summed E-state index contributed by atoms with van der Waals surface area (Å²) in [6, 6.07) is -0.125. The van der Waals surface area contributed by atoms with Crippen molar-refractivity contribution >= 4 is 5.91 Å². The second kappa shape index (κ2) is 6.05. The van der Waals surface area contributed by atoms with Crippen LogP contribution in [-0.2, 0) is 14.3 Å². The van der Waals surface area contributed by atoms with Gasteiger partial charge in [-0.3, -0.25) is 4.79 Å². The third-order valence-corrected chi connectivity index (χ3v) is 2.60. The lowest BCUT2D eigenvalue weighted by Crippen LogP contribution is -2.48. The first-order valence-electron chi connectivity index (χ1n) is 5.23. The predicted molar refractivity (Wildman–Crippen MR) is 56.4 cm³/mol. The molecule has 1 aliphatic rings. The van der Waals surface area contributed by atoms with Gasteiger partial charge in [-0.2, -0.15) is 0 Å². The average molecular weight is 216 g/mol. The molecule has 1 aliphatic heterocycles. The van der Waals surface area contributed by atoms with Crippen LogP contribution in [0.2, 0.25) is 0 Å². The Bertz CT molecular complexity index is 203. The van der Waals surface area contributed by atoms with Crippen molar-refractivity contribution in [1.82, 2.24) is 10.6 Å². The molecule has 15 heavy (non-hydrogen) atoms. The summed E-state index contributed by atoms with van der Waals surface area (Å²) in [7, 11) is 3.12. The Morgan fingerprint density at radius 2 is 2.07 bits per heavy atom. The number of hydrogen-bond acceptors (Lipinski definition) is 4. The Hall–Kier alpha value is -0.650. The van der Waals surface area contributed by atoms with Gasteiger partial charge in [-0.15, -0.1) is 0 Å². The van der Waals surface area contributed by atoms with Crippen LogP contribution in [0.25, 0.3) is 0 Å². The number of carbonyl (C=O) groups excluding carboxylic acids is 1. The highest BCUT2D eigenvalue weighted by Gasteiger charge is 2.23. The maximum absolute atomic E-state index is 11.5. The van der Waals surface area contributed by atoms with Crippen molar-refractivity contribution in [3.05, 3.63) is 0 Å². The molecule has 0 aliphatic carbocycles. The van der Waals surface area contributed by atoms with Gasteiger partial charge in [-0.25, -0.2) is 0 Å². The van der Waals surface area contributed by atoms with Crippen molar-refractivity contribution in [2.75, 3.05) is 27.3 Å². The first kappa shape index (κ1) is 12.4. The molecular weight excluding hydrogens is 196 g/mol. The number of methoxy groups -OCH3 is 2. The predicted octanol–water partition coefficient (Wildman–Crippen LogP) is -0.280. The van der Waals surface area contributed by atoms with Crippen LogP contribution in [0, 0.1) is 5.92 Å². The molecule has 88 valence electrons. The quantitative estimate of drug-likeness (QED) is 0.600. The van der Waals surface area contributed by atoms with E-state index in [-0.39, 0.29) is 18.2 Å². The molecule has 1 saturated heterocycles. The van der Waals surface area contributed by atoms with E-state index in [0.29, 0.717) is 12.3 Å². The Morgan fingerprint density at radius 3 is 2.47 bits per heavy atom. The molecule has 1 heterocycles. The van der Waals surface area contributed by atoms with Crippen LogP contribution in [0.3, 0.4) is 0 Å². The normalized spacial score (nSPS) is 18.7. The summed E-state index contributed by atoms with van der Waals surface area (Å²) in [5, 5.41) is 6.00. The van der Waals surface area contributed by atoms with Crippen LogP contribution in [0.5, 0.6) is 0 Å². The first-order chi connectivity index (χ1) is 7.17. The van der Waals surface area contributed by atoms with E-state index in [4.69, 9.17) is 9.47 Å². The van der Waals surface area contributed by atoms with Crippen LogP contribution in [-0.4, -0.2) is 45.5 Å². The first-order valence-corrected chi connectivity index (χ1v) is 5.23. The summed E-state index contributed by atoms with van der Waals surface area (Å²) >= 11 is 0. The number of hydrogen-bond donors (Lipinski definition) is 2. The van der Waals surface area contributed by atoms with E-state index in [2.05, 4.69) is 10.6 Å². The minimum absolute atomic E-state index is 0.0631. The average Bonchev–Trinajstić information content (AvgIpc) is 2.13. The fourth-order valence-electron chi connectivity index (χ4n) is 1.64. The molecule has 1 unspecified atom stereocenters. The van der Waals surface area contributed by atoms with Crippen LogP contribution >= 0.6 is 0 Å². The van der Waals surface area contributed by atoms with Crippen LogP contribution in [0.1, 0.15) is 13.3 Å². The molecule has 5 heteroatoms. The number of nitrogens with one attached hydrogen (secondary N) is 2. The molecule has 1 rings (SSSR count). The zero-order chi connectivity index (χ0) is 11.3. The van der Waals surface area contributed by atoms with E-state index in [1.54, 1.807) is 14.2 Å². The standard InChI is InChI=1S/C10H20N2O3/c1-7(10(14-2)15-3)12-9(13)4-8-5-11-6-8/h7-8,10-11H,4-6H2,1-3H3,(H,12,13). The second-order valence-electron chi connectivity index (χ2n) is 3.92. The van der Waals surface area contributed by atoms with Gasteiger partial charge >= 0.3 is 0 Å². The zero-order valence-electron chi connectivity index (χ0n) is 9.58. The molecule has 0 spiro atoms. The fourth-order valence-corrected chi connectivity index (χ4v) is 1.64. The van der Waals surface area contributed by atoms with Crippen molar-refractivity contribution in [2.45, 2.75) is 25.7 Å². The van der Waals surface area contributed by atoms with E-state index >= 15 is 0 Å². The Morgan fingerprint density at radius 1 is 1.47 bits per heavy atom. The van der Waals surface area contributed by atoms with Gasteiger partial charge in [0.1, 0.15) is 0 Å². The minimum atomic E-state index is -0.381. The fraction of sp³-hybridized carbons (Fsp3) is 0.900. The number of ether oxygens (including phenoxy) is 2. The molecular formula is C10H20N2O3. The van der Waals surface area contributed by atoms with Crippen molar-refractivity contribution < 1.29 is 14.3 Å². The summed E-state index contributed by atoms with van der Waals surface area (Å²) in [6.45, 7) is 3.76. The summed E-state index contributed by atoms with van der Waals surface area (Å²) in [5.41, 5.74) is 0. The van der Waals surface area contributed by atoms with Crippen molar-refractivity contribution in [3.8, 4) is 0 Å². The van der Waals surface area contributed by atoms with Crippen LogP contribution in [0.15, 0.2) is 0 Å². The van der Waals surface area contributed by atoms with E-state index in [1.807, 2.05) is 6.92 Å². The molecule has 0 aromatic heterocycles. The molecule has 0 saturated carbocycles. The van der Waals surface area contributed by atoms with E-state index in [9.17, 15) is 4.79 Å². The highest BCUT2D eigenvalue weighted by molar-refractivity contribution is 5.76. The molecule has 1 fully saturated rings. The second-order valence-corrected chi connectivity index (χ2v) is 3.92. The van der Waals surface area contributed by atoms with Gasteiger partial charge < -0.3 is 20.1 Å². The van der Waals surface area contributed by atoms with Crippen LogP contribution < -0.4 is 10.6 Å². The van der Waals surface area contributed by atoms with Crippen LogP contribution in [0.4, 0.5) is 0 Å². The molecule has 0 bridgehead atoms. The highest BCUT2D eigenvalue weighted by atomic mass is 16.7. The van der Waals surface area contributed by atoms with Gasteiger partial charge in [0.05, 0.1) is 6.04 Å². The van der Waals surface area contributed by atoms with Crippen molar-refractivity contribution in [3.63, 3.8) is 0 Å². The van der Waals surface area contributed by atoms with Gasteiger partial charge in [0, 0.05) is 20.6 Å². The molecule has 2 N–H and O–H groups in total. The SMILES string of the molecule is COC(OC)C(C)NC(=O)CC1CNC1. The Labute approximate surface area is 90.5 Å². The summed E-state index contributed by atoms with van der Waals surface area (Å²) < 4.78 is 10.1. The van der Waals surface area contributed by atoms with Gasteiger partial charge in [0.15, 0.2) is 6.29 Å². The van der Waals surface area contributed by atoms with E-state index in [0.717, 1.165) is 13.1 Å². The van der Waals surface area contributed by atoms with Gasteiger partial charge in [0.2, 0.25) is 5.91 Å². The maximum atomic E-state index is 11.5. The van der Waals surface area contributed by atoms with E-state index < -0.39 is 0 Å². The summed E-state index contributed by atoms with van der Waals surface area (Å²) in [5.74, 6) is 0.550. The number of amides is 1. The highest BCUT2D eigenvalue weighted by Crippen LogP contribution is 2.08. The Balaban J connectivity index is 2.22. The molecule has 0 aromatic carbocycles. The molecule has 5 nitrogen and oxygen atoms in total. The van der Waals surface area contributed by atoms with Gasteiger partial charge in [-0.1, -0.05) is 0 Å². The topological polar surface area (TPSA) is 59.6 Å². The smallest absolute Gasteiger partial charge is 0.220 e. The summed E-state index contributed by atoms with van der Waals surface area (Å²) in [4.78, 5) is 11.5. The molecule has 1 atom stereocenters. The molecule has 0 radical (unpaired) electrons. The lowest BCUT2D eigenvalue weighted by atomic mass is 9.99. The minimum Gasteiger partial charge on any atom is -0.354 e. The van der Waals surface area contributed by atoms with Gasteiger partial charge in [0.25, 0.3) is 0 Å². The van der Waals surface area contributed by atoms with Crippen molar-refractivity contribution in [2.24, 2.45) is 5.92 Å². The lowest BCUT2D eigenvalue weighted by molar-refractivity contribution is -0.136.